The van der Waals surface area contributed by atoms with Crippen LogP contribution in [0.15, 0.2) is 79.4 Å². The van der Waals surface area contributed by atoms with Gasteiger partial charge in [0.25, 0.3) is 0 Å². The highest BCUT2D eigenvalue weighted by Gasteiger charge is 1.98. The average Bonchev–Trinajstić information content (AvgIpc) is 2.69. The Hall–Kier alpha value is -3.00. The molecule has 2 heteroatoms. The molecule has 0 heterocycles. The number of aryl methyl sites for hydroxylation is 2. The first-order chi connectivity index (χ1) is 13.0. The van der Waals surface area contributed by atoms with E-state index in [0.717, 1.165) is 24.2 Å². The lowest BCUT2D eigenvalue weighted by molar-refractivity contribution is 0.414. The van der Waals surface area contributed by atoms with E-state index in [2.05, 4.69) is 49.9 Å². The number of methoxy groups -OCH3 is 1. The van der Waals surface area contributed by atoms with Gasteiger partial charge in [-0.2, -0.15) is 0 Å². The van der Waals surface area contributed by atoms with Crippen molar-refractivity contribution in [3.05, 3.63) is 107 Å². The van der Waals surface area contributed by atoms with Gasteiger partial charge in [-0.05, 0) is 48.6 Å². The zero-order chi connectivity index (χ0) is 19.6. The fourth-order valence-corrected chi connectivity index (χ4v) is 2.68. The van der Waals surface area contributed by atoms with Gasteiger partial charge in [0.2, 0.25) is 0 Å². The summed E-state index contributed by atoms with van der Waals surface area (Å²) in [6.45, 7) is 7.60. The molecule has 140 valence electrons. The van der Waals surface area contributed by atoms with Crippen molar-refractivity contribution in [2.75, 3.05) is 7.11 Å². The highest BCUT2D eigenvalue weighted by atomic mass is 16.5. The summed E-state index contributed by atoms with van der Waals surface area (Å²) in [5.74, 6) is 1.04. The highest BCUT2D eigenvalue weighted by molar-refractivity contribution is 5.55. The molecule has 0 saturated carbocycles. The number of hydrogen-bond acceptors (Lipinski definition) is 2. The summed E-state index contributed by atoms with van der Waals surface area (Å²) < 4.78 is 5.16. The summed E-state index contributed by atoms with van der Waals surface area (Å²) in [7, 11) is 1.69. The van der Waals surface area contributed by atoms with Gasteiger partial charge >= 0.3 is 0 Å². The van der Waals surface area contributed by atoms with Crippen LogP contribution in [-0.4, -0.2) is 12.2 Å². The summed E-state index contributed by atoms with van der Waals surface area (Å²) in [6.07, 6.45) is 2.08. The Balaban J connectivity index is 0.000000223. The minimum Gasteiger partial charge on any atom is -0.508 e. The van der Waals surface area contributed by atoms with Crippen molar-refractivity contribution in [1.29, 1.82) is 0 Å². The van der Waals surface area contributed by atoms with Gasteiger partial charge in [-0.3, -0.25) is 0 Å². The van der Waals surface area contributed by atoms with Crippen molar-refractivity contribution < 1.29 is 9.84 Å². The third-order valence-electron chi connectivity index (χ3n) is 4.35. The van der Waals surface area contributed by atoms with Gasteiger partial charge in [0.05, 0.1) is 7.11 Å². The molecule has 3 aromatic rings. The molecule has 1 N–H and O–H groups in total. The quantitative estimate of drug-likeness (QED) is 0.536. The maximum absolute atomic E-state index is 8.92. The van der Waals surface area contributed by atoms with E-state index in [9.17, 15) is 0 Å². The van der Waals surface area contributed by atoms with E-state index < -0.39 is 0 Å². The first-order valence-corrected chi connectivity index (χ1v) is 9.17. The highest BCUT2D eigenvalue weighted by Crippen LogP contribution is 2.16. The number of aliphatic hydroxyl groups excluding tert-OH is 1. The lowest BCUT2D eigenvalue weighted by atomic mass is 10.0. The monoisotopic (exact) mass is 360 g/mol. The number of aliphatic hydroxyl groups is 1. The third-order valence-corrected chi connectivity index (χ3v) is 4.35. The maximum atomic E-state index is 8.92. The fourth-order valence-electron chi connectivity index (χ4n) is 2.68. The van der Waals surface area contributed by atoms with Gasteiger partial charge in [-0.15, -0.1) is 0 Å². The van der Waals surface area contributed by atoms with Crippen LogP contribution in [0.3, 0.4) is 0 Å². The van der Waals surface area contributed by atoms with Crippen molar-refractivity contribution in [1.82, 2.24) is 0 Å². The third kappa shape index (κ3) is 6.67. The Morgan fingerprint density at radius 1 is 0.889 bits per heavy atom. The van der Waals surface area contributed by atoms with Crippen LogP contribution < -0.4 is 4.74 Å². The standard InChI is InChI=1S/C16H18O.C9H10O/c1-3-13-5-4-6-15(11-13)12-14-7-9-16(17-2)10-8-14;1-7-3-5-9(6-4-7)8(2)10/h4-11H,3,12H2,1-2H3;3-6,10H,2H2,1H3. The molecular formula is C25H28O2. The summed E-state index contributed by atoms with van der Waals surface area (Å²) in [5, 5.41) is 8.92. The minimum atomic E-state index is 0.125. The molecule has 3 aromatic carbocycles. The molecule has 0 aliphatic rings. The number of rotatable bonds is 5. The van der Waals surface area contributed by atoms with E-state index in [1.165, 1.54) is 22.3 Å². The van der Waals surface area contributed by atoms with E-state index in [-0.39, 0.29) is 5.76 Å². The number of ether oxygens (including phenoxy) is 1. The molecule has 0 fully saturated rings. The van der Waals surface area contributed by atoms with Crippen LogP contribution in [0.25, 0.3) is 5.76 Å². The maximum Gasteiger partial charge on any atom is 0.118 e. The summed E-state index contributed by atoms with van der Waals surface area (Å²) in [5.41, 5.74) is 6.06. The molecule has 0 saturated heterocycles. The van der Waals surface area contributed by atoms with E-state index in [4.69, 9.17) is 9.84 Å². The Kier molecular flexibility index (Phi) is 7.69. The van der Waals surface area contributed by atoms with Gasteiger partial charge in [-0.25, -0.2) is 0 Å². The molecule has 0 aromatic heterocycles. The zero-order valence-electron chi connectivity index (χ0n) is 16.4. The predicted octanol–water partition coefficient (Wildman–Crippen LogP) is 6.37. The van der Waals surface area contributed by atoms with Crippen LogP contribution >= 0.6 is 0 Å². The van der Waals surface area contributed by atoms with Gasteiger partial charge in [0.1, 0.15) is 11.5 Å². The van der Waals surface area contributed by atoms with Crippen LogP contribution in [0.4, 0.5) is 0 Å². The second-order valence-corrected chi connectivity index (χ2v) is 6.51. The predicted molar refractivity (Wildman–Crippen MR) is 114 cm³/mol. The molecule has 27 heavy (non-hydrogen) atoms. The number of hydrogen-bond donors (Lipinski definition) is 1. The van der Waals surface area contributed by atoms with Crippen molar-refractivity contribution in [2.45, 2.75) is 26.7 Å². The van der Waals surface area contributed by atoms with Crippen molar-refractivity contribution >= 4 is 5.76 Å². The second kappa shape index (κ2) is 10.2. The Labute approximate surface area is 162 Å². The van der Waals surface area contributed by atoms with E-state index in [1.54, 1.807) is 7.11 Å². The average molecular weight is 360 g/mol. The smallest absolute Gasteiger partial charge is 0.118 e. The molecule has 0 unspecified atom stereocenters. The SMILES string of the molecule is C=C(O)c1ccc(C)cc1.CCc1cccc(Cc2ccc(OC)cc2)c1. The molecule has 0 bridgehead atoms. The first-order valence-electron chi connectivity index (χ1n) is 9.17. The van der Waals surface area contributed by atoms with Crippen molar-refractivity contribution in [3.8, 4) is 5.75 Å². The van der Waals surface area contributed by atoms with E-state index in [1.807, 2.05) is 43.3 Å². The molecular weight excluding hydrogens is 332 g/mol. The number of benzene rings is 3. The molecule has 0 spiro atoms. The summed E-state index contributed by atoms with van der Waals surface area (Å²) >= 11 is 0. The van der Waals surface area contributed by atoms with Crippen molar-refractivity contribution in [3.63, 3.8) is 0 Å². The normalized spacial score (nSPS) is 9.89. The molecule has 0 amide bonds. The molecule has 2 nitrogen and oxygen atoms in total. The van der Waals surface area contributed by atoms with E-state index in [0.29, 0.717) is 0 Å². The van der Waals surface area contributed by atoms with E-state index >= 15 is 0 Å². The Bertz CT molecular complexity index is 846. The van der Waals surface area contributed by atoms with Gasteiger partial charge in [0, 0.05) is 5.56 Å². The topological polar surface area (TPSA) is 29.5 Å². The Morgan fingerprint density at radius 2 is 1.52 bits per heavy atom. The zero-order valence-corrected chi connectivity index (χ0v) is 16.4. The summed E-state index contributed by atoms with van der Waals surface area (Å²) in [4.78, 5) is 0. The largest absolute Gasteiger partial charge is 0.508 e. The van der Waals surface area contributed by atoms with Gasteiger partial charge in [-0.1, -0.05) is 79.7 Å². The van der Waals surface area contributed by atoms with Crippen LogP contribution in [-0.2, 0) is 12.8 Å². The molecule has 0 atom stereocenters. The summed E-state index contributed by atoms with van der Waals surface area (Å²) in [6, 6.07) is 24.6. The first kappa shape index (κ1) is 20.3. The van der Waals surface area contributed by atoms with Crippen LogP contribution in [0.5, 0.6) is 5.75 Å². The molecule has 0 aliphatic carbocycles. The van der Waals surface area contributed by atoms with Crippen LogP contribution in [0.1, 0.15) is 34.7 Å². The molecule has 0 radical (unpaired) electrons. The van der Waals surface area contributed by atoms with Crippen LogP contribution in [0.2, 0.25) is 0 Å². The van der Waals surface area contributed by atoms with Gasteiger partial charge < -0.3 is 9.84 Å². The lowest BCUT2D eigenvalue weighted by Gasteiger charge is -2.05. The van der Waals surface area contributed by atoms with Gasteiger partial charge in [0.15, 0.2) is 0 Å². The molecule has 0 aliphatic heterocycles. The van der Waals surface area contributed by atoms with Crippen LogP contribution in [0, 0.1) is 6.92 Å². The fraction of sp³-hybridized carbons (Fsp3) is 0.200. The minimum absolute atomic E-state index is 0.125. The lowest BCUT2D eigenvalue weighted by Crippen LogP contribution is -1.90. The van der Waals surface area contributed by atoms with Crippen molar-refractivity contribution in [2.24, 2.45) is 0 Å². The second-order valence-electron chi connectivity index (χ2n) is 6.51. The molecule has 3 rings (SSSR count). The Morgan fingerprint density at radius 3 is 2.07 bits per heavy atom.